The lowest BCUT2D eigenvalue weighted by Gasteiger charge is -2.17. The van der Waals surface area contributed by atoms with E-state index >= 15 is 0 Å². The molecule has 0 saturated carbocycles. The summed E-state index contributed by atoms with van der Waals surface area (Å²) in [6, 6.07) is 5.87. The normalized spacial score (nSPS) is 19.8. The fourth-order valence-electron chi connectivity index (χ4n) is 1.95. The third kappa shape index (κ3) is 2.67. The van der Waals surface area contributed by atoms with E-state index in [1.54, 1.807) is 7.11 Å². The molecule has 0 aromatic heterocycles. The molecule has 0 bridgehead atoms. The highest BCUT2D eigenvalue weighted by atomic mass is 35.5. The van der Waals surface area contributed by atoms with Crippen molar-refractivity contribution in [1.82, 2.24) is 0 Å². The molecule has 3 nitrogen and oxygen atoms in total. The summed E-state index contributed by atoms with van der Waals surface area (Å²) in [6.07, 6.45) is 2.15. The first kappa shape index (κ1) is 11.7. The molecule has 1 atom stereocenters. The van der Waals surface area contributed by atoms with Crippen LogP contribution in [-0.4, -0.2) is 20.4 Å². The molecule has 4 heteroatoms. The molecule has 88 valence electrons. The Morgan fingerprint density at radius 1 is 1.50 bits per heavy atom. The highest BCUT2D eigenvalue weighted by Crippen LogP contribution is 2.33. The maximum atomic E-state index is 6.01. The molecule has 1 N–H and O–H groups in total. The van der Waals surface area contributed by atoms with Crippen molar-refractivity contribution in [3.05, 3.63) is 28.8 Å². The molecule has 0 spiro atoms. The number of ether oxygens (including phenoxy) is 2. The van der Waals surface area contributed by atoms with Gasteiger partial charge in [0.05, 0.1) is 6.10 Å². The Kier molecular flexibility index (Phi) is 4.04. The van der Waals surface area contributed by atoms with E-state index in [1.165, 1.54) is 0 Å². The predicted octanol–water partition coefficient (Wildman–Crippen LogP) is 3.21. The Morgan fingerprint density at radius 3 is 3.19 bits per heavy atom. The molecule has 16 heavy (non-hydrogen) atoms. The average molecular weight is 242 g/mol. The molecular weight excluding hydrogens is 226 g/mol. The summed E-state index contributed by atoms with van der Waals surface area (Å²) in [5.41, 5.74) is 2.24. The Balaban J connectivity index is 2.24. The topological polar surface area (TPSA) is 30.5 Å². The summed E-state index contributed by atoms with van der Waals surface area (Å²) < 4.78 is 10.6. The van der Waals surface area contributed by atoms with Crippen molar-refractivity contribution in [3.63, 3.8) is 0 Å². The van der Waals surface area contributed by atoms with Crippen LogP contribution in [0.2, 0.25) is 5.02 Å². The molecule has 0 unspecified atom stereocenters. The van der Waals surface area contributed by atoms with Gasteiger partial charge >= 0.3 is 0 Å². The molecule has 2 rings (SSSR count). The van der Waals surface area contributed by atoms with Crippen molar-refractivity contribution in [1.29, 1.82) is 0 Å². The summed E-state index contributed by atoms with van der Waals surface area (Å²) in [6.45, 7) is 1.29. The van der Waals surface area contributed by atoms with Crippen LogP contribution in [0.5, 0.6) is 0 Å². The molecule has 1 aliphatic heterocycles. The molecule has 0 saturated heterocycles. The smallest absolute Gasteiger partial charge is 0.147 e. The summed E-state index contributed by atoms with van der Waals surface area (Å²) in [7, 11) is 1.63. The van der Waals surface area contributed by atoms with E-state index in [1.807, 2.05) is 18.2 Å². The van der Waals surface area contributed by atoms with Crippen molar-refractivity contribution in [2.45, 2.75) is 18.9 Å². The number of rotatable bonds is 3. The molecule has 0 aliphatic carbocycles. The second-order valence-electron chi connectivity index (χ2n) is 3.86. The summed E-state index contributed by atoms with van der Waals surface area (Å²) >= 11 is 6.01. The number of nitrogens with one attached hydrogen (secondary N) is 1. The first-order valence-electron chi connectivity index (χ1n) is 5.45. The molecule has 1 aromatic carbocycles. The van der Waals surface area contributed by atoms with Gasteiger partial charge in [-0.15, -0.1) is 0 Å². The molecule has 1 aromatic rings. The minimum atomic E-state index is 0.0728. The van der Waals surface area contributed by atoms with E-state index < -0.39 is 0 Å². The lowest BCUT2D eigenvalue weighted by Crippen LogP contribution is -2.06. The maximum absolute atomic E-state index is 6.01. The Morgan fingerprint density at radius 2 is 2.38 bits per heavy atom. The zero-order chi connectivity index (χ0) is 11.4. The highest BCUT2D eigenvalue weighted by Gasteiger charge is 2.19. The van der Waals surface area contributed by atoms with E-state index in [0.717, 1.165) is 35.7 Å². The number of hydrogen-bond acceptors (Lipinski definition) is 3. The predicted molar refractivity (Wildman–Crippen MR) is 64.9 cm³/mol. The van der Waals surface area contributed by atoms with E-state index in [-0.39, 0.29) is 6.10 Å². The van der Waals surface area contributed by atoms with E-state index in [9.17, 15) is 0 Å². The van der Waals surface area contributed by atoms with Crippen LogP contribution in [0.25, 0.3) is 0 Å². The van der Waals surface area contributed by atoms with Gasteiger partial charge in [-0.25, -0.2) is 0 Å². The summed E-state index contributed by atoms with van der Waals surface area (Å²) in [5, 5.41) is 4.12. The van der Waals surface area contributed by atoms with Crippen LogP contribution in [0.3, 0.4) is 0 Å². The van der Waals surface area contributed by atoms with Gasteiger partial charge in [-0.05, 0) is 31.0 Å². The lowest BCUT2D eigenvalue weighted by atomic mass is 10.0. The fraction of sp³-hybridized carbons (Fsp3) is 0.500. The summed E-state index contributed by atoms with van der Waals surface area (Å²) in [5.74, 6) is 0. The van der Waals surface area contributed by atoms with E-state index in [2.05, 4.69) is 5.32 Å². The van der Waals surface area contributed by atoms with Gasteiger partial charge in [0.15, 0.2) is 0 Å². The van der Waals surface area contributed by atoms with Crippen LogP contribution in [0, 0.1) is 0 Å². The van der Waals surface area contributed by atoms with Crippen LogP contribution >= 0.6 is 11.6 Å². The molecule has 1 aliphatic rings. The fourth-order valence-corrected chi connectivity index (χ4v) is 2.13. The van der Waals surface area contributed by atoms with Gasteiger partial charge in [0.25, 0.3) is 0 Å². The van der Waals surface area contributed by atoms with Gasteiger partial charge < -0.3 is 14.8 Å². The monoisotopic (exact) mass is 241 g/mol. The molecule has 1 heterocycles. The van der Waals surface area contributed by atoms with Gasteiger partial charge in [0, 0.05) is 29.9 Å². The van der Waals surface area contributed by atoms with Crippen LogP contribution in [0.1, 0.15) is 24.5 Å². The van der Waals surface area contributed by atoms with Crippen molar-refractivity contribution in [3.8, 4) is 0 Å². The van der Waals surface area contributed by atoms with E-state index in [0.29, 0.717) is 6.79 Å². The molecule has 0 radical (unpaired) electrons. The van der Waals surface area contributed by atoms with E-state index in [4.69, 9.17) is 21.1 Å². The van der Waals surface area contributed by atoms with Crippen LogP contribution in [0.4, 0.5) is 5.69 Å². The molecular formula is C12H16ClNO2. The Hall–Kier alpha value is -0.770. The second kappa shape index (κ2) is 5.53. The van der Waals surface area contributed by atoms with Crippen molar-refractivity contribution in [2.24, 2.45) is 0 Å². The number of fused-ring (bicyclic) bond motifs is 1. The third-order valence-corrected chi connectivity index (χ3v) is 2.94. The SMILES string of the molecule is COCO[C@H]1CCCNc2ccc(Cl)cc21. The van der Waals surface area contributed by atoms with Gasteiger partial charge in [-0.1, -0.05) is 11.6 Å². The van der Waals surface area contributed by atoms with Gasteiger partial charge in [0.1, 0.15) is 6.79 Å². The number of benzene rings is 1. The Labute approximate surface area is 101 Å². The first-order valence-corrected chi connectivity index (χ1v) is 5.83. The number of hydrogen-bond donors (Lipinski definition) is 1. The van der Waals surface area contributed by atoms with Crippen LogP contribution in [-0.2, 0) is 9.47 Å². The quantitative estimate of drug-likeness (QED) is 0.825. The van der Waals surface area contributed by atoms with Crippen molar-refractivity contribution < 1.29 is 9.47 Å². The number of anilines is 1. The third-order valence-electron chi connectivity index (χ3n) is 2.71. The largest absolute Gasteiger partial charge is 0.385 e. The minimum Gasteiger partial charge on any atom is -0.385 e. The molecule has 0 amide bonds. The van der Waals surface area contributed by atoms with Crippen molar-refractivity contribution in [2.75, 3.05) is 25.8 Å². The van der Waals surface area contributed by atoms with Gasteiger partial charge in [-0.3, -0.25) is 0 Å². The Bertz CT molecular complexity index is 357. The second-order valence-corrected chi connectivity index (χ2v) is 4.30. The minimum absolute atomic E-state index is 0.0728. The maximum Gasteiger partial charge on any atom is 0.147 e. The standard InChI is InChI=1S/C12H16ClNO2/c1-15-8-16-12-3-2-6-14-11-5-4-9(13)7-10(11)12/h4-5,7,12,14H,2-3,6,8H2,1H3/t12-/m0/s1. The zero-order valence-corrected chi connectivity index (χ0v) is 10.1. The van der Waals surface area contributed by atoms with Gasteiger partial charge in [-0.2, -0.15) is 0 Å². The van der Waals surface area contributed by atoms with Crippen LogP contribution < -0.4 is 5.32 Å². The average Bonchev–Trinajstić information content (AvgIpc) is 2.48. The van der Waals surface area contributed by atoms with Crippen LogP contribution in [0.15, 0.2) is 18.2 Å². The molecule has 0 fully saturated rings. The number of halogens is 1. The van der Waals surface area contributed by atoms with Crippen molar-refractivity contribution >= 4 is 17.3 Å². The van der Waals surface area contributed by atoms with Gasteiger partial charge in [0.2, 0.25) is 0 Å². The highest BCUT2D eigenvalue weighted by molar-refractivity contribution is 6.30. The first-order chi connectivity index (χ1) is 7.81. The lowest BCUT2D eigenvalue weighted by molar-refractivity contribution is -0.0753. The zero-order valence-electron chi connectivity index (χ0n) is 9.33. The number of methoxy groups -OCH3 is 1. The summed E-state index contributed by atoms with van der Waals surface area (Å²) in [4.78, 5) is 0.